The molecule has 0 atom stereocenters. The van der Waals surface area contributed by atoms with E-state index in [0.29, 0.717) is 12.4 Å². The normalized spacial score (nSPS) is 10.3. The van der Waals surface area contributed by atoms with Gasteiger partial charge >= 0.3 is 0 Å². The number of hydrogen-bond acceptors (Lipinski definition) is 7. The van der Waals surface area contributed by atoms with Gasteiger partial charge < -0.3 is 14.8 Å². The van der Waals surface area contributed by atoms with Crippen LogP contribution in [-0.4, -0.2) is 17.0 Å². The predicted molar refractivity (Wildman–Crippen MR) is 95.8 cm³/mol. The second-order valence-electron chi connectivity index (χ2n) is 5.04. The molecule has 0 spiro atoms. The zero-order valence-corrected chi connectivity index (χ0v) is 14.2. The highest BCUT2D eigenvalue weighted by molar-refractivity contribution is 7.13. The standard InChI is InChI=1S/C17H15N3O4S/c1-23-15-6-2-12(3-7-15)18-17-19-13(11-25-17)10-24-16-8-4-14(5-9-16)20(21)22/h2-9,11H,10H2,1H3,(H,18,19). The number of nitrogens with one attached hydrogen (secondary N) is 1. The number of nitro groups is 1. The topological polar surface area (TPSA) is 86.5 Å². The Morgan fingerprint density at radius 2 is 1.80 bits per heavy atom. The Labute approximate surface area is 148 Å². The number of hydrogen-bond donors (Lipinski definition) is 1. The summed E-state index contributed by atoms with van der Waals surface area (Å²) in [6, 6.07) is 13.5. The van der Waals surface area contributed by atoms with Gasteiger partial charge in [-0.15, -0.1) is 11.3 Å². The van der Waals surface area contributed by atoms with Crippen LogP contribution >= 0.6 is 11.3 Å². The van der Waals surface area contributed by atoms with Gasteiger partial charge in [0.05, 0.1) is 17.7 Å². The van der Waals surface area contributed by atoms with E-state index < -0.39 is 4.92 Å². The summed E-state index contributed by atoms with van der Waals surface area (Å²) >= 11 is 1.47. The summed E-state index contributed by atoms with van der Waals surface area (Å²) in [5.41, 5.74) is 1.73. The maximum atomic E-state index is 10.6. The highest BCUT2D eigenvalue weighted by Gasteiger charge is 2.06. The van der Waals surface area contributed by atoms with Gasteiger partial charge in [-0.2, -0.15) is 0 Å². The van der Waals surface area contributed by atoms with Crippen LogP contribution in [0.4, 0.5) is 16.5 Å². The van der Waals surface area contributed by atoms with Crippen LogP contribution in [0.5, 0.6) is 11.5 Å². The summed E-state index contributed by atoms with van der Waals surface area (Å²) in [7, 11) is 1.63. The Morgan fingerprint density at radius 1 is 1.12 bits per heavy atom. The van der Waals surface area contributed by atoms with Crippen molar-refractivity contribution in [3.8, 4) is 11.5 Å². The molecule has 0 fully saturated rings. The third kappa shape index (κ3) is 4.45. The molecule has 0 unspecified atom stereocenters. The number of thiazole rings is 1. The predicted octanol–water partition coefficient (Wildman–Crippen LogP) is 4.38. The minimum Gasteiger partial charge on any atom is -0.497 e. The molecule has 0 saturated heterocycles. The van der Waals surface area contributed by atoms with Crippen molar-refractivity contribution in [2.24, 2.45) is 0 Å². The van der Waals surface area contributed by atoms with Gasteiger partial charge in [-0.1, -0.05) is 0 Å². The van der Waals surface area contributed by atoms with Gasteiger partial charge in [0.1, 0.15) is 18.1 Å². The second kappa shape index (κ2) is 7.63. The molecule has 25 heavy (non-hydrogen) atoms. The molecule has 1 aromatic heterocycles. The van der Waals surface area contributed by atoms with Crippen LogP contribution in [0, 0.1) is 10.1 Å². The molecule has 128 valence electrons. The van der Waals surface area contributed by atoms with Gasteiger partial charge in [0.25, 0.3) is 5.69 Å². The molecule has 0 aliphatic carbocycles. The number of non-ortho nitro benzene ring substituents is 1. The number of methoxy groups -OCH3 is 1. The van der Waals surface area contributed by atoms with Crippen LogP contribution in [0.25, 0.3) is 0 Å². The Balaban J connectivity index is 1.56. The van der Waals surface area contributed by atoms with Crippen LogP contribution < -0.4 is 14.8 Å². The van der Waals surface area contributed by atoms with Gasteiger partial charge in [-0.25, -0.2) is 4.98 Å². The lowest BCUT2D eigenvalue weighted by molar-refractivity contribution is -0.384. The van der Waals surface area contributed by atoms with Crippen LogP contribution in [0.2, 0.25) is 0 Å². The van der Waals surface area contributed by atoms with Gasteiger partial charge in [0.15, 0.2) is 5.13 Å². The van der Waals surface area contributed by atoms with Gasteiger partial charge in [0, 0.05) is 23.2 Å². The van der Waals surface area contributed by atoms with Gasteiger partial charge in [0.2, 0.25) is 0 Å². The first kappa shape index (κ1) is 16.7. The molecule has 1 N–H and O–H groups in total. The molecule has 3 aromatic rings. The van der Waals surface area contributed by atoms with Crippen molar-refractivity contribution in [2.45, 2.75) is 6.61 Å². The average Bonchev–Trinajstić information content (AvgIpc) is 3.08. The maximum Gasteiger partial charge on any atom is 0.269 e. The second-order valence-corrected chi connectivity index (χ2v) is 5.90. The summed E-state index contributed by atoms with van der Waals surface area (Å²) in [4.78, 5) is 14.6. The van der Waals surface area contributed by atoms with Crippen molar-refractivity contribution in [3.05, 3.63) is 69.7 Å². The highest BCUT2D eigenvalue weighted by atomic mass is 32.1. The summed E-state index contributed by atoms with van der Waals surface area (Å²) in [6.07, 6.45) is 0. The van der Waals surface area contributed by atoms with E-state index in [9.17, 15) is 10.1 Å². The summed E-state index contributed by atoms with van der Waals surface area (Å²) < 4.78 is 10.7. The highest BCUT2D eigenvalue weighted by Crippen LogP contribution is 2.24. The van der Waals surface area contributed by atoms with Crippen molar-refractivity contribution < 1.29 is 14.4 Å². The van der Waals surface area contributed by atoms with Crippen LogP contribution in [-0.2, 0) is 6.61 Å². The zero-order valence-electron chi connectivity index (χ0n) is 13.3. The molecule has 0 radical (unpaired) electrons. The SMILES string of the molecule is COc1ccc(Nc2nc(COc3ccc([N+](=O)[O-])cc3)cs2)cc1. The maximum absolute atomic E-state index is 10.6. The Kier molecular flexibility index (Phi) is 5.10. The van der Waals surface area contributed by atoms with Crippen molar-refractivity contribution in [2.75, 3.05) is 12.4 Å². The van der Waals surface area contributed by atoms with Crippen molar-refractivity contribution in [1.29, 1.82) is 0 Å². The Bertz CT molecular complexity index is 847. The number of nitrogens with zero attached hydrogens (tertiary/aromatic N) is 2. The molecule has 0 saturated carbocycles. The molecule has 0 aliphatic heterocycles. The lowest BCUT2D eigenvalue weighted by Gasteiger charge is -2.04. The summed E-state index contributed by atoms with van der Waals surface area (Å²) in [6.45, 7) is 0.290. The monoisotopic (exact) mass is 357 g/mol. The van der Waals surface area contributed by atoms with Crippen LogP contribution in [0.1, 0.15) is 5.69 Å². The van der Waals surface area contributed by atoms with Crippen molar-refractivity contribution in [1.82, 2.24) is 4.98 Å². The third-order valence-corrected chi connectivity index (χ3v) is 4.13. The van der Waals surface area contributed by atoms with E-state index in [4.69, 9.17) is 9.47 Å². The zero-order chi connectivity index (χ0) is 17.6. The van der Waals surface area contributed by atoms with E-state index in [0.717, 1.165) is 22.3 Å². The molecule has 8 heteroatoms. The Hall–Kier alpha value is -3.13. The van der Waals surface area contributed by atoms with Crippen LogP contribution in [0.15, 0.2) is 53.9 Å². The number of aromatic nitrogens is 1. The largest absolute Gasteiger partial charge is 0.497 e. The van der Waals surface area contributed by atoms with E-state index in [1.165, 1.54) is 23.5 Å². The average molecular weight is 357 g/mol. The molecular weight excluding hydrogens is 342 g/mol. The fourth-order valence-corrected chi connectivity index (χ4v) is 2.77. The minimum atomic E-state index is -0.443. The van der Waals surface area contributed by atoms with Gasteiger partial charge in [-0.3, -0.25) is 10.1 Å². The fourth-order valence-electron chi connectivity index (χ4n) is 2.05. The van der Waals surface area contributed by atoms with Gasteiger partial charge in [-0.05, 0) is 36.4 Å². The minimum absolute atomic E-state index is 0.0342. The number of nitro benzene ring substituents is 1. The molecule has 7 nitrogen and oxygen atoms in total. The van der Waals surface area contributed by atoms with E-state index >= 15 is 0 Å². The first-order valence-corrected chi connectivity index (χ1v) is 8.25. The van der Waals surface area contributed by atoms with E-state index in [1.54, 1.807) is 19.2 Å². The number of benzene rings is 2. The molecule has 3 rings (SSSR count). The molecule has 0 bridgehead atoms. The van der Waals surface area contributed by atoms with Crippen molar-refractivity contribution in [3.63, 3.8) is 0 Å². The fraction of sp³-hybridized carbons (Fsp3) is 0.118. The molecular formula is C17H15N3O4S. The first-order valence-electron chi connectivity index (χ1n) is 7.37. The Morgan fingerprint density at radius 3 is 2.44 bits per heavy atom. The smallest absolute Gasteiger partial charge is 0.269 e. The van der Waals surface area contributed by atoms with Crippen LogP contribution in [0.3, 0.4) is 0 Å². The molecule has 0 aliphatic rings. The molecule has 0 amide bonds. The molecule has 2 aromatic carbocycles. The lowest BCUT2D eigenvalue weighted by atomic mass is 10.3. The number of ether oxygens (including phenoxy) is 2. The summed E-state index contributed by atoms with van der Waals surface area (Å²) in [5.74, 6) is 1.35. The number of rotatable bonds is 7. The van der Waals surface area contributed by atoms with E-state index in [1.807, 2.05) is 29.6 Å². The molecule has 1 heterocycles. The number of anilines is 2. The third-order valence-electron chi connectivity index (χ3n) is 3.33. The quantitative estimate of drug-likeness (QED) is 0.499. The van der Waals surface area contributed by atoms with E-state index in [2.05, 4.69) is 10.3 Å². The van der Waals surface area contributed by atoms with E-state index in [-0.39, 0.29) is 5.69 Å². The van der Waals surface area contributed by atoms with Crippen molar-refractivity contribution >= 4 is 27.8 Å². The first-order chi connectivity index (χ1) is 12.1. The lowest BCUT2D eigenvalue weighted by Crippen LogP contribution is -1.97. The summed E-state index contributed by atoms with van der Waals surface area (Å²) in [5, 5.41) is 16.5.